The van der Waals surface area contributed by atoms with Gasteiger partial charge in [-0.2, -0.15) is 0 Å². The first-order chi connectivity index (χ1) is 9.97. The molecular weight excluding hydrogens is 294 g/mol. The standard InChI is InChI=1S/C13H11N3O4S/c1-8(17)10-7-21-13(14-10)15-12(18)6-9-4-2-3-5-11(9)16(19)20/h2-5,7H,6H2,1H3,(H,14,15,18). The summed E-state index contributed by atoms with van der Waals surface area (Å²) in [7, 11) is 0. The van der Waals surface area contributed by atoms with Crippen LogP contribution in [0.1, 0.15) is 23.0 Å². The molecule has 1 aromatic carbocycles. The number of carbonyl (C=O) groups is 2. The van der Waals surface area contributed by atoms with Gasteiger partial charge in [-0.05, 0) is 0 Å². The van der Waals surface area contributed by atoms with Crippen LogP contribution in [0, 0.1) is 10.1 Å². The summed E-state index contributed by atoms with van der Waals surface area (Å²) >= 11 is 1.13. The number of ketones is 1. The molecule has 0 atom stereocenters. The van der Waals surface area contributed by atoms with Gasteiger partial charge in [0.2, 0.25) is 5.91 Å². The molecule has 0 saturated heterocycles. The molecule has 1 N–H and O–H groups in total. The number of aromatic nitrogens is 1. The number of nitrogens with zero attached hydrogens (tertiary/aromatic N) is 2. The fraction of sp³-hybridized carbons (Fsp3) is 0.154. The van der Waals surface area contributed by atoms with Crippen LogP contribution in [0.3, 0.4) is 0 Å². The van der Waals surface area contributed by atoms with Crippen molar-refractivity contribution in [1.29, 1.82) is 0 Å². The molecule has 2 rings (SSSR count). The lowest BCUT2D eigenvalue weighted by atomic mass is 10.1. The molecule has 0 aliphatic heterocycles. The summed E-state index contributed by atoms with van der Waals surface area (Å²) in [6.07, 6.45) is -0.133. The quantitative estimate of drug-likeness (QED) is 0.519. The zero-order chi connectivity index (χ0) is 15.4. The second-order valence-electron chi connectivity index (χ2n) is 4.20. The van der Waals surface area contributed by atoms with E-state index in [-0.39, 0.29) is 23.6 Å². The van der Waals surface area contributed by atoms with E-state index in [1.807, 2.05) is 0 Å². The minimum absolute atomic E-state index is 0.101. The smallest absolute Gasteiger partial charge is 0.273 e. The van der Waals surface area contributed by atoms with E-state index in [9.17, 15) is 19.7 Å². The van der Waals surface area contributed by atoms with Gasteiger partial charge in [0.05, 0.1) is 11.3 Å². The van der Waals surface area contributed by atoms with Crippen molar-refractivity contribution < 1.29 is 14.5 Å². The van der Waals surface area contributed by atoms with Gasteiger partial charge in [-0.15, -0.1) is 11.3 Å². The van der Waals surface area contributed by atoms with Crippen LogP contribution in [0.15, 0.2) is 29.6 Å². The zero-order valence-corrected chi connectivity index (χ0v) is 11.8. The minimum Gasteiger partial charge on any atom is -0.302 e. The first-order valence-electron chi connectivity index (χ1n) is 5.96. The third-order valence-electron chi connectivity index (χ3n) is 2.65. The van der Waals surface area contributed by atoms with Crippen molar-refractivity contribution in [3.05, 3.63) is 51.0 Å². The molecular formula is C13H11N3O4S. The number of Topliss-reactive ketones (excluding diaryl/α,β-unsaturated/α-hetero) is 1. The summed E-state index contributed by atoms with van der Waals surface area (Å²) in [4.78, 5) is 37.3. The molecule has 1 amide bonds. The Morgan fingerprint density at radius 2 is 2.10 bits per heavy atom. The number of nitro groups is 1. The summed E-state index contributed by atoms with van der Waals surface area (Å²) in [5.41, 5.74) is 0.501. The van der Waals surface area contributed by atoms with E-state index in [2.05, 4.69) is 10.3 Å². The summed E-state index contributed by atoms with van der Waals surface area (Å²) < 4.78 is 0. The van der Waals surface area contributed by atoms with Crippen molar-refractivity contribution in [3.8, 4) is 0 Å². The molecule has 1 aromatic heterocycles. The summed E-state index contributed by atoms with van der Waals surface area (Å²) in [6.45, 7) is 1.38. The molecule has 21 heavy (non-hydrogen) atoms. The Kier molecular flexibility index (Phi) is 4.39. The molecule has 0 aliphatic carbocycles. The maximum atomic E-state index is 11.9. The number of carbonyl (C=O) groups excluding carboxylic acids is 2. The van der Waals surface area contributed by atoms with Crippen molar-refractivity contribution >= 4 is 33.8 Å². The predicted molar refractivity (Wildman–Crippen MR) is 77.5 cm³/mol. The van der Waals surface area contributed by atoms with Gasteiger partial charge >= 0.3 is 0 Å². The van der Waals surface area contributed by atoms with Crippen LogP contribution >= 0.6 is 11.3 Å². The van der Waals surface area contributed by atoms with Crippen LogP contribution in [0.2, 0.25) is 0 Å². The van der Waals surface area contributed by atoms with Crippen LogP contribution in [0.5, 0.6) is 0 Å². The highest BCUT2D eigenvalue weighted by atomic mass is 32.1. The van der Waals surface area contributed by atoms with Crippen LogP contribution < -0.4 is 5.32 Å². The largest absolute Gasteiger partial charge is 0.302 e. The molecule has 0 radical (unpaired) electrons. The minimum atomic E-state index is -0.528. The summed E-state index contributed by atoms with van der Waals surface area (Å²) in [6, 6.07) is 6.05. The number of nitrogens with one attached hydrogen (secondary N) is 1. The van der Waals surface area contributed by atoms with Crippen LogP contribution in [-0.2, 0) is 11.2 Å². The zero-order valence-electron chi connectivity index (χ0n) is 11.0. The van der Waals surface area contributed by atoms with Crippen LogP contribution in [-0.4, -0.2) is 21.6 Å². The molecule has 0 spiro atoms. The Labute approximate surface area is 123 Å². The number of benzene rings is 1. The molecule has 108 valence electrons. The summed E-state index contributed by atoms with van der Waals surface area (Å²) in [5.74, 6) is -0.612. The fourth-order valence-electron chi connectivity index (χ4n) is 1.67. The van der Waals surface area contributed by atoms with E-state index in [0.717, 1.165) is 11.3 Å². The molecule has 0 fully saturated rings. The second kappa shape index (κ2) is 6.23. The highest BCUT2D eigenvalue weighted by molar-refractivity contribution is 7.14. The van der Waals surface area contributed by atoms with E-state index < -0.39 is 10.8 Å². The van der Waals surface area contributed by atoms with E-state index in [1.54, 1.807) is 17.5 Å². The number of para-hydroxylation sites is 1. The number of thiazole rings is 1. The van der Waals surface area contributed by atoms with Gasteiger partial charge in [0.15, 0.2) is 10.9 Å². The lowest BCUT2D eigenvalue weighted by Gasteiger charge is -2.03. The number of anilines is 1. The average Bonchev–Trinajstić information content (AvgIpc) is 2.87. The second-order valence-corrected chi connectivity index (χ2v) is 5.06. The lowest BCUT2D eigenvalue weighted by molar-refractivity contribution is -0.385. The van der Waals surface area contributed by atoms with Crippen molar-refractivity contribution in [2.45, 2.75) is 13.3 Å². The van der Waals surface area contributed by atoms with Gasteiger partial charge in [0.1, 0.15) is 5.69 Å². The van der Waals surface area contributed by atoms with E-state index in [0.29, 0.717) is 10.7 Å². The number of amides is 1. The Bertz CT molecular complexity index is 711. The van der Waals surface area contributed by atoms with Gasteiger partial charge in [0, 0.05) is 23.9 Å². The molecule has 0 saturated carbocycles. The van der Waals surface area contributed by atoms with Gasteiger partial charge in [-0.3, -0.25) is 19.7 Å². The van der Waals surface area contributed by atoms with E-state index in [4.69, 9.17) is 0 Å². The Morgan fingerprint density at radius 1 is 1.38 bits per heavy atom. The highest BCUT2D eigenvalue weighted by Gasteiger charge is 2.16. The lowest BCUT2D eigenvalue weighted by Crippen LogP contribution is -2.15. The Balaban J connectivity index is 2.08. The van der Waals surface area contributed by atoms with Crippen molar-refractivity contribution in [2.75, 3.05) is 5.32 Å². The first-order valence-corrected chi connectivity index (χ1v) is 6.84. The van der Waals surface area contributed by atoms with Crippen molar-refractivity contribution in [3.63, 3.8) is 0 Å². The van der Waals surface area contributed by atoms with Gasteiger partial charge in [-0.25, -0.2) is 4.98 Å². The van der Waals surface area contributed by atoms with Gasteiger partial charge in [-0.1, -0.05) is 18.2 Å². The molecule has 0 bridgehead atoms. The highest BCUT2D eigenvalue weighted by Crippen LogP contribution is 2.20. The third kappa shape index (κ3) is 3.69. The van der Waals surface area contributed by atoms with Crippen LogP contribution in [0.4, 0.5) is 10.8 Å². The SMILES string of the molecule is CC(=O)c1csc(NC(=O)Cc2ccccc2[N+](=O)[O-])n1. The maximum Gasteiger partial charge on any atom is 0.273 e. The maximum absolute atomic E-state index is 11.9. The van der Waals surface area contributed by atoms with Crippen molar-refractivity contribution in [1.82, 2.24) is 4.98 Å². The monoisotopic (exact) mass is 305 g/mol. The van der Waals surface area contributed by atoms with Gasteiger partial charge < -0.3 is 5.32 Å². The number of hydrogen-bond donors (Lipinski definition) is 1. The number of hydrogen-bond acceptors (Lipinski definition) is 6. The first kappa shape index (κ1) is 14.8. The molecule has 0 unspecified atom stereocenters. The normalized spacial score (nSPS) is 10.1. The number of rotatable bonds is 5. The molecule has 8 heteroatoms. The van der Waals surface area contributed by atoms with E-state index in [1.165, 1.54) is 19.1 Å². The van der Waals surface area contributed by atoms with E-state index >= 15 is 0 Å². The topological polar surface area (TPSA) is 102 Å². The Hall–Kier alpha value is -2.61. The third-order valence-corrected chi connectivity index (χ3v) is 3.41. The van der Waals surface area contributed by atoms with Crippen LogP contribution in [0.25, 0.3) is 0 Å². The predicted octanol–water partition coefficient (Wildman–Crippen LogP) is 2.44. The summed E-state index contributed by atoms with van der Waals surface area (Å²) in [5, 5.41) is 15.2. The fourth-order valence-corrected chi connectivity index (χ4v) is 2.43. The molecule has 2 aromatic rings. The molecule has 7 nitrogen and oxygen atoms in total. The number of nitro benzene ring substituents is 1. The van der Waals surface area contributed by atoms with Crippen molar-refractivity contribution in [2.24, 2.45) is 0 Å². The average molecular weight is 305 g/mol. The Morgan fingerprint density at radius 3 is 2.71 bits per heavy atom. The molecule has 0 aliphatic rings. The van der Waals surface area contributed by atoms with Gasteiger partial charge in [0.25, 0.3) is 5.69 Å². The molecule has 1 heterocycles.